The monoisotopic (exact) mass is 213 g/mol. The lowest BCUT2D eigenvalue weighted by Gasteiger charge is -2.40. The maximum Gasteiger partial charge on any atom is 0.0660 e. The van der Waals surface area contributed by atoms with Crippen LogP contribution in [0.15, 0.2) is 18.2 Å². The van der Waals surface area contributed by atoms with Gasteiger partial charge in [0.15, 0.2) is 0 Å². The van der Waals surface area contributed by atoms with Gasteiger partial charge in [-0.3, -0.25) is 0 Å². The van der Waals surface area contributed by atoms with Gasteiger partial charge in [-0.05, 0) is 31.0 Å². The minimum atomic E-state index is 0.744. The maximum absolute atomic E-state index is 5.88. The molecule has 1 aromatic carbocycles. The molecule has 82 valence electrons. The highest BCUT2D eigenvalue weighted by Gasteiger charge is 2.33. The number of fused-ring (bicyclic) bond motifs is 3. The first-order valence-corrected chi connectivity index (χ1v) is 5.99. The molecule has 1 saturated heterocycles. The molecule has 0 radical (unpaired) electrons. The van der Waals surface area contributed by atoms with Crippen LogP contribution in [0.1, 0.15) is 24.5 Å². The largest absolute Gasteiger partial charge is 0.399 e. The first kappa shape index (κ1) is 8.50. The van der Waals surface area contributed by atoms with E-state index in [2.05, 4.69) is 22.0 Å². The summed E-state index contributed by atoms with van der Waals surface area (Å²) < 4.78 is 0. The second kappa shape index (κ2) is 2.73. The number of nitrogen functional groups attached to an aromatic ring is 1. The van der Waals surface area contributed by atoms with Gasteiger partial charge in [0, 0.05) is 41.3 Å². The van der Waals surface area contributed by atoms with Crippen molar-refractivity contribution in [3.05, 3.63) is 23.9 Å². The molecule has 4 heterocycles. The van der Waals surface area contributed by atoms with Gasteiger partial charge < -0.3 is 15.6 Å². The van der Waals surface area contributed by atoms with E-state index in [4.69, 9.17) is 5.73 Å². The molecule has 1 fully saturated rings. The maximum atomic E-state index is 5.88. The molecule has 2 aromatic rings. The van der Waals surface area contributed by atoms with Gasteiger partial charge in [-0.1, -0.05) is 0 Å². The Morgan fingerprint density at radius 3 is 2.88 bits per heavy atom. The molecule has 1 aromatic heterocycles. The van der Waals surface area contributed by atoms with E-state index >= 15 is 0 Å². The number of hydrogen-bond donors (Lipinski definition) is 2. The molecule has 3 aliphatic heterocycles. The first-order chi connectivity index (χ1) is 7.83. The molecule has 0 saturated carbocycles. The number of H-pyrrole nitrogens is 1. The van der Waals surface area contributed by atoms with Gasteiger partial charge in [0.1, 0.15) is 0 Å². The third-order valence-corrected chi connectivity index (χ3v) is 4.04. The fourth-order valence-electron chi connectivity index (χ4n) is 3.24. The number of piperidine rings is 1. The Balaban J connectivity index is 2.08. The highest BCUT2D eigenvalue weighted by Crippen LogP contribution is 2.46. The smallest absolute Gasteiger partial charge is 0.0660 e. The van der Waals surface area contributed by atoms with Crippen molar-refractivity contribution in [2.24, 2.45) is 0 Å². The number of nitrogens with one attached hydrogen (secondary N) is 1. The van der Waals surface area contributed by atoms with Crippen molar-refractivity contribution in [1.82, 2.24) is 4.98 Å². The molecule has 5 rings (SSSR count). The minimum absolute atomic E-state index is 0.744. The molecule has 3 heteroatoms. The summed E-state index contributed by atoms with van der Waals surface area (Å²) in [7, 11) is 0. The molecule has 0 unspecified atom stereocenters. The van der Waals surface area contributed by atoms with Crippen molar-refractivity contribution in [3.63, 3.8) is 0 Å². The Labute approximate surface area is 94.2 Å². The summed E-state index contributed by atoms with van der Waals surface area (Å²) in [5, 5.41) is 1.31. The van der Waals surface area contributed by atoms with Crippen molar-refractivity contribution in [3.8, 4) is 0 Å². The minimum Gasteiger partial charge on any atom is -0.399 e. The number of hydrogen-bond acceptors (Lipinski definition) is 2. The summed E-state index contributed by atoms with van der Waals surface area (Å²) in [6.07, 6.45) is 2.60. The van der Waals surface area contributed by atoms with E-state index in [0.29, 0.717) is 0 Å². The van der Waals surface area contributed by atoms with Gasteiger partial charge >= 0.3 is 0 Å². The molecule has 0 amide bonds. The first-order valence-electron chi connectivity index (χ1n) is 5.99. The van der Waals surface area contributed by atoms with Crippen molar-refractivity contribution in [1.29, 1.82) is 0 Å². The van der Waals surface area contributed by atoms with Crippen LogP contribution in [0.3, 0.4) is 0 Å². The van der Waals surface area contributed by atoms with Crippen molar-refractivity contribution in [2.45, 2.75) is 18.8 Å². The summed E-state index contributed by atoms with van der Waals surface area (Å²) in [4.78, 5) is 6.08. The van der Waals surface area contributed by atoms with E-state index < -0.39 is 0 Å². The zero-order chi connectivity index (χ0) is 10.7. The number of aromatic nitrogens is 1. The van der Waals surface area contributed by atoms with Gasteiger partial charge in [-0.25, -0.2) is 0 Å². The zero-order valence-electron chi connectivity index (χ0n) is 9.16. The van der Waals surface area contributed by atoms with Crippen LogP contribution in [-0.4, -0.2) is 18.1 Å². The van der Waals surface area contributed by atoms with Gasteiger partial charge in [0.25, 0.3) is 0 Å². The van der Waals surface area contributed by atoms with Gasteiger partial charge in [-0.2, -0.15) is 0 Å². The van der Waals surface area contributed by atoms with Crippen LogP contribution in [-0.2, 0) is 0 Å². The lowest BCUT2D eigenvalue weighted by molar-refractivity contribution is 0.469. The number of anilines is 2. The second-order valence-electron chi connectivity index (χ2n) is 4.95. The fourth-order valence-corrected chi connectivity index (χ4v) is 3.24. The Kier molecular flexibility index (Phi) is 1.45. The normalized spacial score (nSPS) is 19.4. The Hall–Kier alpha value is -1.64. The molecule has 16 heavy (non-hydrogen) atoms. The standard InChI is InChI=1S/C13H15N3/c14-9-1-2-11-10(7-9)13-12(15-11)8-3-5-16(13)6-4-8/h1-2,7-8,15H,3-6,14H2. The molecule has 0 atom stereocenters. The number of rotatable bonds is 0. The Morgan fingerprint density at radius 2 is 2.06 bits per heavy atom. The summed E-state index contributed by atoms with van der Waals surface area (Å²) in [5.74, 6) is 0.744. The summed E-state index contributed by atoms with van der Waals surface area (Å²) in [6, 6.07) is 6.18. The number of nitrogens with zero attached hydrogens (tertiary/aromatic N) is 1. The third-order valence-electron chi connectivity index (χ3n) is 4.04. The SMILES string of the molecule is Nc1ccc2[nH]c3c(c2c1)N1CCC3CC1. The highest BCUT2D eigenvalue weighted by atomic mass is 15.2. The second-order valence-corrected chi connectivity index (χ2v) is 4.95. The molecular formula is C13H15N3. The van der Waals surface area contributed by atoms with Crippen LogP contribution >= 0.6 is 0 Å². The summed E-state index contributed by atoms with van der Waals surface area (Å²) >= 11 is 0. The third kappa shape index (κ3) is 0.932. The molecular weight excluding hydrogens is 198 g/mol. The van der Waals surface area contributed by atoms with Gasteiger partial charge in [0.2, 0.25) is 0 Å². The van der Waals surface area contributed by atoms with Gasteiger partial charge in [0.05, 0.1) is 5.69 Å². The van der Waals surface area contributed by atoms with E-state index in [0.717, 1.165) is 11.6 Å². The molecule has 0 aliphatic carbocycles. The average molecular weight is 213 g/mol. The van der Waals surface area contributed by atoms with E-state index in [9.17, 15) is 0 Å². The Bertz CT molecular complexity index is 562. The highest BCUT2D eigenvalue weighted by molar-refractivity contribution is 5.97. The molecule has 3 N–H and O–H groups in total. The number of aromatic amines is 1. The summed E-state index contributed by atoms with van der Waals surface area (Å²) in [6.45, 7) is 2.42. The fraction of sp³-hybridized carbons (Fsp3) is 0.385. The lowest BCUT2D eigenvalue weighted by atomic mass is 9.87. The number of nitrogens with two attached hydrogens (primary N) is 1. The van der Waals surface area contributed by atoms with E-state index in [1.807, 2.05) is 6.07 Å². The van der Waals surface area contributed by atoms with E-state index in [1.165, 1.54) is 48.2 Å². The zero-order valence-corrected chi connectivity index (χ0v) is 9.16. The molecule has 2 bridgehead atoms. The van der Waals surface area contributed by atoms with E-state index in [-0.39, 0.29) is 0 Å². The van der Waals surface area contributed by atoms with Crippen LogP contribution in [0.25, 0.3) is 10.9 Å². The van der Waals surface area contributed by atoms with Crippen molar-refractivity contribution >= 4 is 22.3 Å². The van der Waals surface area contributed by atoms with Crippen LogP contribution in [0.4, 0.5) is 11.4 Å². The quantitative estimate of drug-likeness (QED) is 0.660. The number of benzene rings is 1. The molecule has 3 aliphatic rings. The predicted octanol–water partition coefficient (Wildman–Crippen LogP) is 2.45. The topological polar surface area (TPSA) is 45.1 Å². The van der Waals surface area contributed by atoms with Gasteiger partial charge in [-0.15, -0.1) is 0 Å². The van der Waals surface area contributed by atoms with E-state index in [1.54, 1.807) is 0 Å². The van der Waals surface area contributed by atoms with Crippen LogP contribution in [0.5, 0.6) is 0 Å². The predicted molar refractivity (Wildman–Crippen MR) is 66.9 cm³/mol. The Morgan fingerprint density at radius 1 is 1.25 bits per heavy atom. The van der Waals surface area contributed by atoms with Crippen molar-refractivity contribution < 1.29 is 0 Å². The lowest BCUT2D eigenvalue weighted by Crippen LogP contribution is -2.38. The van der Waals surface area contributed by atoms with Crippen LogP contribution in [0, 0.1) is 0 Å². The summed E-state index contributed by atoms with van der Waals surface area (Å²) in [5.41, 5.74) is 10.8. The molecule has 0 spiro atoms. The van der Waals surface area contributed by atoms with Crippen LogP contribution in [0.2, 0.25) is 0 Å². The molecule has 3 nitrogen and oxygen atoms in total. The van der Waals surface area contributed by atoms with Crippen molar-refractivity contribution in [2.75, 3.05) is 23.7 Å². The van der Waals surface area contributed by atoms with Crippen LogP contribution < -0.4 is 10.6 Å². The average Bonchev–Trinajstić information content (AvgIpc) is 2.71.